The normalized spacial score (nSPS) is 11.9. The van der Waals surface area contributed by atoms with Crippen LogP contribution in [0.5, 0.6) is 0 Å². The van der Waals surface area contributed by atoms with E-state index >= 15 is 0 Å². The maximum Gasteiger partial charge on any atom is 0.408 e. The summed E-state index contributed by atoms with van der Waals surface area (Å²) in [7, 11) is 0. The summed E-state index contributed by atoms with van der Waals surface area (Å²) in [6.07, 6.45) is 0.773. The van der Waals surface area contributed by atoms with E-state index in [9.17, 15) is 23.6 Å². The van der Waals surface area contributed by atoms with Crippen molar-refractivity contribution < 1.29 is 33.0 Å². The van der Waals surface area contributed by atoms with E-state index in [-0.39, 0.29) is 32.6 Å². The van der Waals surface area contributed by atoms with Gasteiger partial charge in [-0.05, 0) is 48.1 Å². The van der Waals surface area contributed by atoms with Gasteiger partial charge in [0.05, 0.1) is 0 Å². The molecule has 3 rings (SSSR count). The number of carbonyl (C=O) groups excluding carboxylic acids is 4. The average Bonchev–Trinajstić information content (AvgIpc) is 3.05. The Kier molecular flexibility index (Phi) is 14.9. The highest BCUT2D eigenvalue weighted by molar-refractivity contribution is 5.91. The topological polar surface area (TPSA) is 135 Å². The molecule has 4 amide bonds. The summed E-state index contributed by atoms with van der Waals surface area (Å²) in [4.78, 5) is 51.4. The second kappa shape index (κ2) is 19.4. The van der Waals surface area contributed by atoms with Crippen molar-refractivity contribution in [2.45, 2.75) is 64.3 Å². The van der Waals surface area contributed by atoms with Crippen LogP contribution in [0, 0.1) is 5.82 Å². The Morgan fingerprint density at radius 1 is 0.644 bits per heavy atom. The largest absolute Gasteiger partial charge is 0.445 e. The first-order valence-corrected chi connectivity index (χ1v) is 15.1. The lowest BCUT2D eigenvalue weighted by molar-refractivity contribution is -0.130. The highest BCUT2D eigenvalue weighted by Gasteiger charge is 2.27. The molecular weight excluding hydrogens is 579 g/mol. The smallest absolute Gasteiger partial charge is 0.408 e. The van der Waals surface area contributed by atoms with Crippen LogP contribution in [-0.2, 0) is 38.7 Å². The molecule has 11 heteroatoms. The van der Waals surface area contributed by atoms with Crippen molar-refractivity contribution in [3.63, 3.8) is 0 Å². The molecule has 0 saturated carbocycles. The van der Waals surface area contributed by atoms with Crippen molar-refractivity contribution >= 4 is 24.0 Å². The zero-order chi connectivity index (χ0) is 32.3. The highest BCUT2D eigenvalue weighted by Crippen LogP contribution is 2.09. The standard InChI is InChI=1S/C34H41FN4O6/c1-2-3-20-36-31(40)30(22-25-16-18-28(35)19-17-25)38-32(41)29(39-34(43)45-24-27-13-8-5-9-14-27)15-10-21-37-33(42)44-23-26-11-6-4-7-12-26/h4-9,11-14,16-19,29-30H,2-3,10,15,20-24H2,1H3,(H,36,40)(H,37,42)(H,38,41)(H,39,43)/t29-,30+/m1/s1. The minimum Gasteiger partial charge on any atom is -0.445 e. The fourth-order valence-electron chi connectivity index (χ4n) is 4.30. The Balaban J connectivity index is 1.62. The summed E-state index contributed by atoms with van der Waals surface area (Å²) in [5.74, 6) is -1.41. The van der Waals surface area contributed by atoms with Gasteiger partial charge in [-0.1, -0.05) is 86.1 Å². The number of ether oxygens (including phenoxy) is 2. The predicted octanol–water partition coefficient (Wildman–Crippen LogP) is 4.77. The van der Waals surface area contributed by atoms with Crippen molar-refractivity contribution in [2.24, 2.45) is 0 Å². The lowest BCUT2D eigenvalue weighted by atomic mass is 10.0. The fraction of sp³-hybridized carbons (Fsp3) is 0.353. The molecule has 0 heterocycles. The van der Waals surface area contributed by atoms with Crippen LogP contribution < -0.4 is 21.3 Å². The molecule has 0 aliphatic heterocycles. The van der Waals surface area contributed by atoms with E-state index < -0.39 is 41.9 Å². The number of rotatable bonds is 17. The van der Waals surface area contributed by atoms with Gasteiger partial charge < -0.3 is 30.7 Å². The van der Waals surface area contributed by atoms with E-state index in [2.05, 4.69) is 21.3 Å². The summed E-state index contributed by atoms with van der Waals surface area (Å²) >= 11 is 0. The molecular formula is C34H41FN4O6. The van der Waals surface area contributed by atoms with E-state index in [1.54, 1.807) is 24.3 Å². The van der Waals surface area contributed by atoms with E-state index in [1.165, 1.54) is 12.1 Å². The fourth-order valence-corrected chi connectivity index (χ4v) is 4.30. The molecule has 0 aromatic heterocycles. The molecule has 0 bridgehead atoms. The van der Waals surface area contributed by atoms with E-state index in [4.69, 9.17) is 9.47 Å². The zero-order valence-corrected chi connectivity index (χ0v) is 25.4. The maximum absolute atomic E-state index is 13.5. The molecule has 10 nitrogen and oxygen atoms in total. The Labute approximate surface area is 263 Å². The first kappa shape index (κ1) is 34.6. The SMILES string of the molecule is CCCCNC(=O)[C@H](Cc1ccc(F)cc1)NC(=O)[C@@H](CCCNC(=O)OCc1ccccc1)NC(=O)OCc1ccccc1. The summed E-state index contributed by atoms with van der Waals surface area (Å²) in [6, 6.07) is 21.9. The summed E-state index contributed by atoms with van der Waals surface area (Å²) in [6.45, 7) is 2.72. The Morgan fingerprint density at radius 2 is 1.22 bits per heavy atom. The quantitative estimate of drug-likeness (QED) is 0.161. The number of benzene rings is 3. The maximum atomic E-state index is 13.5. The molecule has 240 valence electrons. The number of unbranched alkanes of at least 4 members (excludes halogenated alkanes) is 1. The van der Waals surface area contributed by atoms with Crippen LogP contribution in [0.2, 0.25) is 0 Å². The monoisotopic (exact) mass is 620 g/mol. The van der Waals surface area contributed by atoms with Crippen molar-refractivity contribution in [1.29, 1.82) is 0 Å². The third-order valence-electron chi connectivity index (χ3n) is 6.79. The van der Waals surface area contributed by atoms with Gasteiger partial charge in [0.25, 0.3) is 0 Å². The van der Waals surface area contributed by atoms with Crippen molar-refractivity contribution in [3.05, 3.63) is 107 Å². The van der Waals surface area contributed by atoms with Gasteiger partial charge in [-0.25, -0.2) is 14.0 Å². The second-order valence-electron chi connectivity index (χ2n) is 10.4. The number of hydrogen-bond acceptors (Lipinski definition) is 6. The molecule has 0 spiro atoms. The van der Waals surface area contributed by atoms with Crippen LogP contribution in [0.3, 0.4) is 0 Å². The molecule has 4 N–H and O–H groups in total. The van der Waals surface area contributed by atoms with Crippen LogP contribution in [0.4, 0.5) is 14.0 Å². The molecule has 3 aromatic carbocycles. The number of halogens is 1. The number of hydrogen-bond donors (Lipinski definition) is 4. The highest BCUT2D eigenvalue weighted by atomic mass is 19.1. The molecule has 45 heavy (non-hydrogen) atoms. The Hall–Kier alpha value is -4.93. The van der Waals surface area contributed by atoms with Crippen LogP contribution in [-0.4, -0.2) is 49.2 Å². The predicted molar refractivity (Wildman–Crippen MR) is 167 cm³/mol. The molecule has 0 aliphatic rings. The minimum absolute atomic E-state index is 0.00283. The van der Waals surface area contributed by atoms with Crippen molar-refractivity contribution in [1.82, 2.24) is 21.3 Å². The van der Waals surface area contributed by atoms with Gasteiger partial charge >= 0.3 is 12.2 Å². The summed E-state index contributed by atoms with van der Waals surface area (Å²) in [5, 5.41) is 10.8. The van der Waals surface area contributed by atoms with Gasteiger partial charge in [0.2, 0.25) is 11.8 Å². The lowest BCUT2D eigenvalue weighted by Gasteiger charge is -2.23. The van der Waals surface area contributed by atoms with Gasteiger partial charge in [-0.15, -0.1) is 0 Å². The zero-order valence-electron chi connectivity index (χ0n) is 25.4. The van der Waals surface area contributed by atoms with Gasteiger partial charge in [0.15, 0.2) is 0 Å². The average molecular weight is 621 g/mol. The summed E-state index contributed by atoms with van der Waals surface area (Å²) < 4.78 is 24.0. The molecule has 3 aromatic rings. The van der Waals surface area contributed by atoms with Crippen LogP contribution in [0.25, 0.3) is 0 Å². The van der Waals surface area contributed by atoms with Crippen LogP contribution in [0.15, 0.2) is 84.9 Å². The van der Waals surface area contributed by atoms with Crippen LogP contribution >= 0.6 is 0 Å². The lowest BCUT2D eigenvalue weighted by Crippen LogP contribution is -2.54. The Bertz CT molecular complexity index is 1340. The van der Waals surface area contributed by atoms with Gasteiger partial charge in [0, 0.05) is 19.5 Å². The molecule has 0 fully saturated rings. The molecule has 0 aliphatic carbocycles. The van der Waals surface area contributed by atoms with Crippen molar-refractivity contribution in [2.75, 3.05) is 13.1 Å². The molecule has 0 saturated heterocycles. The first-order valence-electron chi connectivity index (χ1n) is 15.1. The number of nitrogens with one attached hydrogen (secondary N) is 4. The van der Waals surface area contributed by atoms with E-state index in [0.717, 1.165) is 24.0 Å². The minimum atomic E-state index is -1.07. The molecule has 2 atom stereocenters. The number of carbonyl (C=O) groups is 4. The molecule has 0 unspecified atom stereocenters. The van der Waals surface area contributed by atoms with Gasteiger partial charge in [-0.2, -0.15) is 0 Å². The van der Waals surface area contributed by atoms with Gasteiger partial charge in [-0.3, -0.25) is 9.59 Å². The van der Waals surface area contributed by atoms with Gasteiger partial charge in [0.1, 0.15) is 31.1 Å². The van der Waals surface area contributed by atoms with E-state index in [1.807, 2.05) is 55.5 Å². The summed E-state index contributed by atoms with van der Waals surface area (Å²) in [5.41, 5.74) is 2.27. The van der Waals surface area contributed by atoms with E-state index in [0.29, 0.717) is 18.5 Å². The number of amides is 4. The molecule has 0 radical (unpaired) electrons. The third-order valence-corrected chi connectivity index (χ3v) is 6.79. The van der Waals surface area contributed by atoms with Crippen molar-refractivity contribution in [3.8, 4) is 0 Å². The first-order chi connectivity index (χ1) is 21.8. The second-order valence-corrected chi connectivity index (χ2v) is 10.4. The van der Waals surface area contributed by atoms with Crippen LogP contribution in [0.1, 0.15) is 49.3 Å². The Morgan fingerprint density at radius 3 is 1.82 bits per heavy atom. The third kappa shape index (κ3) is 13.5. The number of alkyl carbamates (subject to hydrolysis) is 2.